The summed E-state index contributed by atoms with van der Waals surface area (Å²) >= 11 is -1.17. The molecule has 155 valence electrons. The van der Waals surface area contributed by atoms with Crippen molar-refractivity contribution in [3.8, 4) is 0 Å². The van der Waals surface area contributed by atoms with E-state index in [1.165, 1.54) is 33.4 Å². The molecule has 0 amide bonds. The second-order valence-corrected chi connectivity index (χ2v) is 36.5. The Morgan fingerprint density at radius 2 is 1.77 bits per heavy atom. The minimum atomic E-state index is -4.77. The van der Waals surface area contributed by atoms with Crippen LogP contribution in [0.25, 0.3) is 17.7 Å². The summed E-state index contributed by atoms with van der Waals surface area (Å²) < 4.78 is 2.05. The van der Waals surface area contributed by atoms with Crippen molar-refractivity contribution in [2.45, 2.75) is 9.67 Å². The number of hydrogen-bond acceptors (Lipinski definition) is 2. The predicted octanol–water partition coefficient (Wildman–Crippen LogP) is 7.73. The Labute approximate surface area is 202 Å². The number of nitrogens with zero attached hydrogens (tertiary/aromatic N) is 1. The summed E-state index contributed by atoms with van der Waals surface area (Å²) in [5, 5.41) is 0. The summed E-state index contributed by atoms with van der Waals surface area (Å²) in [5.41, 5.74) is 8.59. The van der Waals surface area contributed by atoms with Gasteiger partial charge in [-0.1, -0.05) is 0 Å². The molecule has 3 aromatic rings. The zero-order valence-corrected chi connectivity index (χ0v) is 23.1. The number of halogens is 3. The first-order valence-electron chi connectivity index (χ1n) is 10.2. The van der Waals surface area contributed by atoms with Gasteiger partial charge in [0.05, 0.1) is 0 Å². The standard InChI is InChI=1S/C16H11BrN.C9H7.2ClH.H2S.Zr/c1-18-15-5-3-2-4-13(15)14-9-10-8-11(17)6-7-12(10)16(14)18;1-2-5-9-7-3-6-8(9)4-1;;;;/h2-4,6-9,16H,1H3;1-7H;2*1H;1H2;/q;;;;;+3/p-3. The SMILES string of the molecule is CN1c2c(ccc[c]2[Zr]([SH])([Cl])([Cl])[CH]2C=Cc3ccccc32)C2=Cc3cc(Br)ccc3C21. The van der Waals surface area contributed by atoms with E-state index in [2.05, 4.69) is 101 Å². The van der Waals surface area contributed by atoms with E-state index in [0.29, 0.717) is 0 Å². The van der Waals surface area contributed by atoms with Crippen LogP contribution >= 0.6 is 42.3 Å². The first-order valence-corrected chi connectivity index (χ1v) is 23.7. The molecule has 1 aliphatic heterocycles. The summed E-state index contributed by atoms with van der Waals surface area (Å²) in [6.45, 7) is 0. The number of rotatable bonds is 2. The van der Waals surface area contributed by atoms with Gasteiger partial charge in [-0.05, 0) is 0 Å². The Morgan fingerprint density at radius 1 is 0.968 bits per heavy atom. The Kier molecular flexibility index (Phi) is 4.61. The van der Waals surface area contributed by atoms with Crippen LogP contribution in [0.4, 0.5) is 5.69 Å². The molecule has 0 bridgehead atoms. The van der Waals surface area contributed by atoms with Gasteiger partial charge < -0.3 is 0 Å². The number of benzene rings is 3. The van der Waals surface area contributed by atoms with Gasteiger partial charge in [0, 0.05) is 0 Å². The third-order valence-corrected chi connectivity index (χ3v) is 22.8. The van der Waals surface area contributed by atoms with E-state index < -0.39 is 14.9 Å². The van der Waals surface area contributed by atoms with Crippen LogP contribution in [0.2, 0.25) is 0 Å². The number of thiol groups is 1. The quantitative estimate of drug-likeness (QED) is 0.292. The fraction of sp³-hybridized carbons (Fsp3) is 0.120. The number of anilines is 1. The van der Waals surface area contributed by atoms with Gasteiger partial charge in [-0.2, -0.15) is 0 Å². The summed E-state index contributed by atoms with van der Waals surface area (Å²) in [5.74, 6) is 0. The van der Waals surface area contributed by atoms with Crippen LogP contribution in [-0.2, 0) is 14.9 Å². The van der Waals surface area contributed by atoms with Crippen molar-refractivity contribution < 1.29 is 14.9 Å². The van der Waals surface area contributed by atoms with Crippen LogP contribution in [0.3, 0.4) is 0 Å². The molecule has 2 unspecified atom stereocenters. The molecule has 0 spiro atoms. The molecule has 3 aliphatic rings. The van der Waals surface area contributed by atoms with E-state index in [-0.39, 0.29) is 9.67 Å². The molecular weight excluding hydrogens is 588 g/mol. The average Bonchev–Trinajstić information content (AvgIpc) is 3.40. The molecule has 3 aromatic carbocycles. The van der Waals surface area contributed by atoms with Crippen molar-refractivity contribution in [1.29, 1.82) is 0 Å². The van der Waals surface area contributed by atoms with Gasteiger partial charge >= 0.3 is 205 Å². The number of likely N-dealkylation sites (N-methyl/N-ethyl adjacent to an activating group) is 1. The molecule has 0 radical (unpaired) electrons. The molecular formula is C25H19BrCl2NSZr. The Morgan fingerprint density at radius 3 is 2.61 bits per heavy atom. The first-order chi connectivity index (χ1) is 14.7. The molecule has 1 heterocycles. The van der Waals surface area contributed by atoms with E-state index in [1.54, 1.807) is 0 Å². The van der Waals surface area contributed by atoms with Crippen molar-refractivity contribution in [3.05, 3.63) is 99.0 Å². The first kappa shape index (κ1) is 20.8. The van der Waals surface area contributed by atoms with Crippen LogP contribution < -0.4 is 8.17 Å². The van der Waals surface area contributed by atoms with E-state index >= 15 is 0 Å². The third-order valence-electron chi connectivity index (χ3n) is 6.84. The van der Waals surface area contributed by atoms with Gasteiger partial charge in [0.1, 0.15) is 0 Å². The van der Waals surface area contributed by atoms with Gasteiger partial charge in [-0.25, -0.2) is 0 Å². The monoisotopic (exact) mass is 604 g/mol. The Balaban J connectivity index is 1.54. The second kappa shape index (κ2) is 6.87. The van der Waals surface area contributed by atoms with Crippen LogP contribution in [-0.4, -0.2) is 7.05 Å². The summed E-state index contributed by atoms with van der Waals surface area (Å²) in [6, 6.07) is 21.4. The molecule has 0 saturated heterocycles. The van der Waals surface area contributed by atoms with E-state index in [0.717, 1.165) is 13.4 Å². The van der Waals surface area contributed by atoms with Crippen molar-refractivity contribution in [1.82, 2.24) is 0 Å². The fourth-order valence-corrected chi connectivity index (χ4v) is 18.9. The molecule has 6 rings (SSSR count). The molecule has 0 saturated carbocycles. The molecule has 0 N–H and O–H groups in total. The van der Waals surface area contributed by atoms with Crippen molar-refractivity contribution in [2.75, 3.05) is 11.9 Å². The van der Waals surface area contributed by atoms with Crippen LogP contribution in [0, 0.1) is 0 Å². The van der Waals surface area contributed by atoms with Gasteiger partial charge in [-0.15, -0.1) is 0 Å². The third kappa shape index (κ3) is 2.92. The summed E-state index contributed by atoms with van der Waals surface area (Å²) in [4.78, 5) is 2.34. The molecule has 1 nitrogen and oxygen atoms in total. The number of fused-ring (bicyclic) bond motifs is 6. The van der Waals surface area contributed by atoms with Gasteiger partial charge in [-0.3, -0.25) is 0 Å². The molecule has 2 aliphatic carbocycles. The minimum absolute atomic E-state index is 0.0677. The van der Waals surface area contributed by atoms with Gasteiger partial charge in [0.2, 0.25) is 0 Å². The van der Waals surface area contributed by atoms with Gasteiger partial charge in [0.25, 0.3) is 0 Å². The predicted molar refractivity (Wildman–Crippen MR) is 138 cm³/mol. The van der Waals surface area contributed by atoms with Crippen LogP contribution in [0.1, 0.15) is 37.5 Å². The Hall–Kier alpha value is -0.767. The normalized spacial score (nSPS) is 21.8. The van der Waals surface area contributed by atoms with Crippen molar-refractivity contribution in [3.63, 3.8) is 0 Å². The van der Waals surface area contributed by atoms with E-state index in [1.807, 2.05) is 6.07 Å². The van der Waals surface area contributed by atoms with E-state index in [9.17, 15) is 0 Å². The maximum atomic E-state index is 7.51. The summed E-state index contributed by atoms with van der Waals surface area (Å²) in [7, 11) is 22.4. The van der Waals surface area contributed by atoms with Gasteiger partial charge in [0.15, 0.2) is 0 Å². The average molecular weight is 608 g/mol. The number of allylic oxidation sites excluding steroid dienone is 1. The van der Waals surface area contributed by atoms with E-state index in [4.69, 9.17) is 26.4 Å². The van der Waals surface area contributed by atoms with Crippen molar-refractivity contribution >= 4 is 69.0 Å². The van der Waals surface area contributed by atoms with Crippen molar-refractivity contribution in [2.24, 2.45) is 0 Å². The molecule has 6 heteroatoms. The zero-order valence-electron chi connectivity index (χ0n) is 16.7. The second-order valence-electron chi connectivity index (χ2n) is 8.59. The molecule has 2 atom stereocenters. The van der Waals surface area contributed by atoms with Crippen LogP contribution in [0.5, 0.6) is 0 Å². The molecule has 0 fully saturated rings. The summed E-state index contributed by atoms with van der Waals surface area (Å²) in [6.07, 6.45) is 6.59. The molecule has 31 heavy (non-hydrogen) atoms. The zero-order chi connectivity index (χ0) is 21.6. The fourth-order valence-electron chi connectivity index (χ4n) is 5.47. The topological polar surface area (TPSA) is 3.24 Å². The number of hydrogen-bond donors (Lipinski definition) is 1. The van der Waals surface area contributed by atoms with Crippen LogP contribution in [0.15, 0.2) is 71.2 Å². The number of para-hydroxylation sites is 1. The maximum absolute atomic E-state index is 7.51. The molecule has 0 aromatic heterocycles. The Bertz CT molecular complexity index is 1340.